The fraction of sp³-hybridized carbons (Fsp3) is 0. The monoisotopic (exact) mass is 236 g/mol. The molecule has 0 aromatic heterocycles. The van der Waals surface area contributed by atoms with Crippen LogP contribution in [0.15, 0.2) is 16.6 Å². The molecule has 0 N–H and O–H groups in total. The van der Waals surface area contributed by atoms with Crippen molar-refractivity contribution in [2.24, 2.45) is 0 Å². The summed E-state index contributed by atoms with van der Waals surface area (Å²) in [5.74, 6) is -0.489. The zero-order valence-electron chi connectivity index (χ0n) is 5.27. The Hall–Kier alpha value is -0.410. The molecule has 0 saturated heterocycles. The second-order valence-electron chi connectivity index (χ2n) is 1.87. The number of rotatable bonds is 1. The van der Waals surface area contributed by atoms with Crippen molar-refractivity contribution < 1.29 is 9.18 Å². The fourth-order valence-corrected chi connectivity index (χ4v) is 1.41. The van der Waals surface area contributed by atoms with E-state index in [-0.39, 0.29) is 15.1 Å². The van der Waals surface area contributed by atoms with Gasteiger partial charge < -0.3 is 0 Å². The molecule has 0 unspecified atom stereocenters. The van der Waals surface area contributed by atoms with Gasteiger partial charge in [-0.05, 0) is 28.1 Å². The zero-order valence-corrected chi connectivity index (χ0v) is 7.62. The average Bonchev–Trinajstić information content (AvgIpc) is 1.99. The summed E-state index contributed by atoms with van der Waals surface area (Å²) in [6.07, 6.45) is 0.509. The van der Waals surface area contributed by atoms with E-state index >= 15 is 0 Å². The molecule has 0 amide bonds. The van der Waals surface area contributed by atoms with Gasteiger partial charge in [-0.3, -0.25) is 4.79 Å². The molecule has 1 rings (SSSR count). The summed E-state index contributed by atoms with van der Waals surface area (Å²) in [5, 5.41) is 0.244. The molecule has 58 valence electrons. The molecule has 0 aliphatic carbocycles. The Morgan fingerprint density at radius 1 is 1.55 bits per heavy atom. The van der Waals surface area contributed by atoms with Crippen LogP contribution in [0.2, 0.25) is 5.02 Å². The van der Waals surface area contributed by atoms with Gasteiger partial charge in [0.25, 0.3) is 0 Å². The molecule has 0 aliphatic rings. The number of hydrogen-bond donors (Lipinski definition) is 0. The summed E-state index contributed by atoms with van der Waals surface area (Å²) in [4.78, 5) is 10.3. The van der Waals surface area contributed by atoms with Crippen LogP contribution in [0.3, 0.4) is 0 Å². The van der Waals surface area contributed by atoms with Crippen LogP contribution in [0.1, 0.15) is 10.4 Å². The van der Waals surface area contributed by atoms with E-state index in [9.17, 15) is 9.18 Å². The van der Waals surface area contributed by atoms with Crippen LogP contribution < -0.4 is 0 Å². The Morgan fingerprint density at radius 3 is 2.64 bits per heavy atom. The Bertz CT molecular complexity index is 301. The first-order valence-corrected chi connectivity index (χ1v) is 3.92. The van der Waals surface area contributed by atoms with Crippen LogP contribution in [0.25, 0.3) is 0 Å². The van der Waals surface area contributed by atoms with Gasteiger partial charge in [0, 0.05) is 0 Å². The van der Waals surface area contributed by atoms with Crippen molar-refractivity contribution in [3.05, 3.63) is 33.0 Å². The van der Waals surface area contributed by atoms with Gasteiger partial charge in [0.05, 0.1) is 15.1 Å². The second kappa shape index (κ2) is 3.32. The molecule has 4 heteroatoms. The first-order valence-electron chi connectivity index (χ1n) is 2.75. The zero-order chi connectivity index (χ0) is 8.43. The lowest BCUT2D eigenvalue weighted by Crippen LogP contribution is -1.87. The summed E-state index contributed by atoms with van der Waals surface area (Å²) < 4.78 is 12.8. The maximum Gasteiger partial charge on any atom is 0.152 e. The molecular weight excluding hydrogens is 234 g/mol. The number of carbonyl (C=O) groups excluding carboxylic acids is 1. The molecule has 1 nitrogen and oxygen atoms in total. The Balaban J connectivity index is 3.40. The highest BCUT2D eigenvalue weighted by Gasteiger charge is 2.08. The normalized spacial score (nSPS) is 9.73. The summed E-state index contributed by atoms with van der Waals surface area (Å²) in [6, 6.07) is 2.53. The highest BCUT2D eigenvalue weighted by Crippen LogP contribution is 2.25. The van der Waals surface area contributed by atoms with Gasteiger partial charge >= 0.3 is 0 Å². The van der Waals surface area contributed by atoms with Crippen molar-refractivity contribution in [1.29, 1.82) is 0 Å². The Labute approximate surface area is 76.3 Å². The predicted molar refractivity (Wildman–Crippen MR) is 44.5 cm³/mol. The lowest BCUT2D eigenvalue weighted by atomic mass is 10.2. The van der Waals surface area contributed by atoms with Crippen LogP contribution in [-0.2, 0) is 0 Å². The van der Waals surface area contributed by atoms with Crippen LogP contribution in [-0.4, -0.2) is 6.29 Å². The molecule has 0 bridgehead atoms. The minimum atomic E-state index is -0.489. The average molecular weight is 237 g/mol. The molecule has 0 heterocycles. The molecule has 0 atom stereocenters. The lowest BCUT2D eigenvalue weighted by Gasteiger charge is -1.99. The van der Waals surface area contributed by atoms with E-state index in [1.54, 1.807) is 0 Å². The molecule has 0 saturated carbocycles. The Morgan fingerprint density at radius 2 is 2.18 bits per heavy atom. The number of carbonyl (C=O) groups is 1. The van der Waals surface area contributed by atoms with Gasteiger partial charge in [-0.2, -0.15) is 0 Å². The van der Waals surface area contributed by atoms with E-state index in [4.69, 9.17) is 11.6 Å². The van der Waals surface area contributed by atoms with Crippen molar-refractivity contribution in [2.75, 3.05) is 0 Å². The van der Waals surface area contributed by atoms with Crippen LogP contribution in [0.5, 0.6) is 0 Å². The summed E-state index contributed by atoms with van der Waals surface area (Å²) in [6.45, 7) is 0. The number of benzene rings is 1. The molecule has 11 heavy (non-hydrogen) atoms. The standard InChI is InChI=1S/C7H3BrClFO/c8-7-4(3-11)5(9)1-2-6(7)10/h1-3H. The van der Waals surface area contributed by atoms with Gasteiger partial charge in [0.2, 0.25) is 0 Å². The van der Waals surface area contributed by atoms with Crippen molar-refractivity contribution in [1.82, 2.24) is 0 Å². The van der Waals surface area contributed by atoms with Crippen LogP contribution in [0.4, 0.5) is 4.39 Å². The molecule has 0 radical (unpaired) electrons. The predicted octanol–water partition coefficient (Wildman–Crippen LogP) is 3.05. The minimum absolute atomic E-state index is 0.111. The van der Waals surface area contributed by atoms with E-state index in [2.05, 4.69) is 15.9 Å². The maximum atomic E-state index is 12.7. The van der Waals surface area contributed by atoms with E-state index in [1.807, 2.05) is 0 Å². The molecule has 1 aromatic rings. The SMILES string of the molecule is O=Cc1c(Cl)ccc(F)c1Br. The van der Waals surface area contributed by atoms with E-state index in [1.165, 1.54) is 12.1 Å². The third-order valence-corrected chi connectivity index (χ3v) is 2.33. The maximum absolute atomic E-state index is 12.7. The second-order valence-corrected chi connectivity index (χ2v) is 3.07. The molecular formula is C7H3BrClFO. The molecule has 0 aliphatic heterocycles. The van der Waals surface area contributed by atoms with E-state index in [0.29, 0.717) is 6.29 Å². The largest absolute Gasteiger partial charge is 0.298 e. The van der Waals surface area contributed by atoms with Crippen LogP contribution >= 0.6 is 27.5 Å². The van der Waals surface area contributed by atoms with Crippen LogP contribution in [0, 0.1) is 5.82 Å². The Kier molecular flexibility index (Phi) is 2.62. The summed E-state index contributed by atoms with van der Waals surface area (Å²) >= 11 is 8.47. The van der Waals surface area contributed by atoms with Gasteiger partial charge in [-0.15, -0.1) is 0 Å². The molecule has 1 aromatic carbocycles. The minimum Gasteiger partial charge on any atom is -0.298 e. The number of aldehydes is 1. The third kappa shape index (κ3) is 1.60. The van der Waals surface area contributed by atoms with Crippen molar-refractivity contribution in [3.8, 4) is 0 Å². The van der Waals surface area contributed by atoms with E-state index in [0.717, 1.165) is 0 Å². The lowest BCUT2D eigenvalue weighted by molar-refractivity contribution is 0.112. The van der Waals surface area contributed by atoms with Gasteiger partial charge in [0.15, 0.2) is 6.29 Å². The van der Waals surface area contributed by atoms with Crippen molar-refractivity contribution >= 4 is 33.8 Å². The van der Waals surface area contributed by atoms with Crippen molar-refractivity contribution in [3.63, 3.8) is 0 Å². The van der Waals surface area contributed by atoms with Crippen molar-refractivity contribution in [2.45, 2.75) is 0 Å². The van der Waals surface area contributed by atoms with E-state index < -0.39 is 5.82 Å². The highest BCUT2D eigenvalue weighted by atomic mass is 79.9. The smallest absolute Gasteiger partial charge is 0.152 e. The number of hydrogen-bond acceptors (Lipinski definition) is 1. The quantitative estimate of drug-likeness (QED) is 0.542. The topological polar surface area (TPSA) is 17.1 Å². The molecule has 0 fully saturated rings. The summed E-state index contributed by atoms with van der Waals surface area (Å²) in [5.41, 5.74) is 0.145. The van der Waals surface area contributed by atoms with Gasteiger partial charge in [-0.1, -0.05) is 11.6 Å². The number of halogens is 3. The highest BCUT2D eigenvalue weighted by molar-refractivity contribution is 9.10. The first-order chi connectivity index (χ1) is 5.16. The first kappa shape index (κ1) is 8.68. The molecule has 0 spiro atoms. The summed E-state index contributed by atoms with van der Waals surface area (Å²) in [7, 11) is 0. The van der Waals surface area contributed by atoms with Gasteiger partial charge in [0.1, 0.15) is 5.82 Å². The third-order valence-electron chi connectivity index (χ3n) is 1.20. The fourth-order valence-electron chi connectivity index (χ4n) is 0.651. The van der Waals surface area contributed by atoms with Gasteiger partial charge in [-0.25, -0.2) is 4.39 Å².